The number of anilines is 1. The van der Waals surface area contributed by atoms with Crippen LogP contribution in [-0.2, 0) is 0 Å². The number of aromatic amines is 1. The van der Waals surface area contributed by atoms with E-state index in [1.54, 1.807) is 31.2 Å². The van der Waals surface area contributed by atoms with E-state index in [9.17, 15) is 19.7 Å². The highest BCUT2D eigenvalue weighted by molar-refractivity contribution is 6.14. The van der Waals surface area contributed by atoms with Crippen LogP contribution in [0.25, 0.3) is 10.9 Å². The van der Waals surface area contributed by atoms with Gasteiger partial charge in [0.15, 0.2) is 5.78 Å². The van der Waals surface area contributed by atoms with Crippen LogP contribution in [0.4, 0.5) is 11.4 Å². The second kappa shape index (κ2) is 6.91. The minimum atomic E-state index is -0.581. The maximum atomic E-state index is 12.7. The first-order valence-corrected chi connectivity index (χ1v) is 8.09. The standard InChI is InChI=1S/C19H17N3O5/c1-10-17(11(2)23)13-8-12(9-15(22(25)26)18(13)20-10)19(24)21-14-6-4-5-7-16(14)27-3/h4-9,20H,1-3H3,(H,21,24). The van der Waals surface area contributed by atoms with Gasteiger partial charge >= 0.3 is 0 Å². The Morgan fingerprint density at radius 1 is 1.22 bits per heavy atom. The van der Waals surface area contributed by atoms with Crippen LogP contribution in [0.2, 0.25) is 0 Å². The molecule has 8 nitrogen and oxygen atoms in total. The maximum Gasteiger partial charge on any atom is 0.294 e. The van der Waals surface area contributed by atoms with Gasteiger partial charge in [-0.15, -0.1) is 0 Å². The Labute approximate surface area is 154 Å². The highest BCUT2D eigenvalue weighted by Crippen LogP contribution is 2.32. The number of carbonyl (C=O) groups is 2. The molecule has 3 rings (SSSR count). The van der Waals surface area contributed by atoms with Gasteiger partial charge in [-0.2, -0.15) is 0 Å². The molecule has 1 amide bonds. The maximum absolute atomic E-state index is 12.7. The number of nitro benzene ring substituents is 1. The molecule has 1 aromatic heterocycles. The molecular formula is C19H17N3O5. The molecule has 0 radical (unpaired) electrons. The number of hydrogen-bond acceptors (Lipinski definition) is 5. The average Bonchev–Trinajstić information content (AvgIpc) is 2.96. The van der Waals surface area contributed by atoms with Gasteiger partial charge in [0, 0.05) is 28.3 Å². The van der Waals surface area contributed by atoms with Gasteiger partial charge < -0.3 is 15.0 Å². The van der Waals surface area contributed by atoms with Crippen LogP contribution in [0.5, 0.6) is 5.75 Å². The number of fused-ring (bicyclic) bond motifs is 1. The molecule has 0 bridgehead atoms. The molecule has 27 heavy (non-hydrogen) atoms. The predicted octanol–water partition coefficient (Wildman–Crippen LogP) is 3.85. The molecule has 8 heteroatoms. The first-order valence-electron chi connectivity index (χ1n) is 8.09. The number of ketones is 1. The molecule has 2 aromatic carbocycles. The van der Waals surface area contributed by atoms with Crippen molar-refractivity contribution in [3.63, 3.8) is 0 Å². The van der Waals surface area contributed by atoms with Gasteiger partial charge in [-0.25, -0.2) is 0 Å². The van der Waals surface area contributed by atoms with Crippen molar-refractivity contribution in [2.45, 2.75) is 13.8 Å². The van der Waals surface area contributed by atoms with Gasteiger partial charge in [0.25, 0.3) is 11.6 Å². The number of benzene rings is 2. The largest absolute Gasteiger partial charge is 0.495 e. The Hall–Kier alpha value is -3.68. The number of H-pyrrole nitrogens is 1. The van der Waals surface area contributed by atoms with E-state index in [0.717, 1.165) is 0 Å². The highest BCUT2D eigenvalue weighted by atomic mass is 16.6. The molecule has 0 saturated heterocycles. The SMILES string of the molecule is COc1ccccc1NC(=O)c1cc([N+](=O)[O-])c2[nH]c(C)c(C(C)=O)c2c1. The minimum Gasteiger partial charge on any atom is -0.495 e. The molecule has 2 N–H and O–H groups in total. The van der Waals surface area contributed by atoms with Crippen LogP contribution < -0.4 is 10.1 Å². The van der Waals surface area contributed by atoms with Crippen LogP contribution in [0.3, 0.4) is 0 Å². The fourth-order valence-corrected chi connectivity index (χ4v) is 3.08. The lowest BCUT2D eigenvalue weighted by atomic mass is 10.0. The van der Waals surface area contributed by atoms with Crippen molar-refractivity contribution >= 4 is 34.0 Å². The molecule has 0 aliphatic heterocycles. The van der Waals surface area contributed by atoms with E-state index in [1.165, 1.54) is 26.2 Å². The minimum absolute atomic E-state index is 0.0709. The van der Waals surface area contributed by atoms with Gasteiger partial charge in [-0.1, -0.05) is 12.1 Å². The summed E-state index contributed by atoms with van der Waals surface area (Å²) in [4.78, 5) is 38.5. The van der Waals surface area contributed by atoms with Crippen LogP contribution >= 0.6 is 0 Å². The summed E-state index contributed by atoms with van der Waals surface area (Å²) in [5.41, 5.74) is 1.30. The summed E-state index contributed by atoms with van der Waals surface area (Å²) in [5, 5.41) is 14.5. The van der Waals surface area contributed by atoms with Gasteiger partial charge in [-0.05, 0) is 32.0 Å². The van der Waals surface area contributed by atoms with E-state index in [2.05, 4.69) is 10.3 Å². The number of ether oxygens (including phenoxy) is 1. The molecule has 138 valence electrons. The third-order valence-electron chi connectivity index (χ3n) is 4.24. The Morgan fingerprint density at radius 3 is 2.56 bits per heavy atom. The smallest absolute Gasteiger partial charge is 0.294 e. The summed E-state index contributed by atoms with van der Waals surface area (Å²) in [6.45, 7) is 3.04. The first-order chi connectivity index (χ1) is 12.8. The second-order valence-electron chi connectivity index (χ2n) is 6.01. The van der Waals surface area contributed by atoms with Crippen molar-refractivity contribution in [1.82, 2.24) is 4.98 Å². The van der Waals surface area contributed by atoms with Gasteiger partial charge in [0.2, 0.25) is 0 Å². The third kappa shape index (κ3) is 3.24. The fourth-order valence-electron chi connectivity index (χ4n) is 3.08. The number of hydrogen-bond donors (Lipinski definition) is 2. The van der Waals surface area contributed by atoms with Crippen LogP contribution in [0, 0.1) is 17.0 Å². The van der Waals surface area contributed by atoms with Gasteiger partial charge in [-0.3, -0.25) is 19.7 Å². The molecule has 3 aromatic rings. The van der Waals surface area contributed by atoms with E-state index < -0.39 is 10.8 Å². The quantitative estimate of drug-likeness (QED) is 0.404. The number of rotatable bonds is 5. The number of nitrogens with zero attached hydrogens (tertiary/aromatic N) is 1. The number of amides is 1. The van der Waals surface area contributed by atoms with Crippen molar-refractivity contribution in [3.05, 3.63) is 63.3 Å². The van der Waals surface area contributed by atoms with Crippen molar-refractivity contribution in [1.29, 1.82) is 0 Å². The van der Waals surface area contributed by atoms with E-state index in [-0.39, 0.29) is 22.6 Å². The molecule has 0 aliphatic carbocycles. The van der Waals surface area contributed by atoms with Crippen molar-refractivity contribution in [2.75, 3.05) is 12.4 Å². The van der Waals surface area contributed by atoms with Crippen LogP contribution in [0.15, 0.2) is 36.4 Å². The summed E-state index contributed by atoms with van der Waals surface area (Å²) < 4.78 is 5.20. The summed E-state index contributed by atoms with van der Waals surface area (Å²) in [6.07, 6.45) is 0. The zero-order chi connectivity index (χ0) is 19.7. The Kier molecular flexibility index (Phi) is 4.64. The lowest BCUT2D eigenvalue weighted by Crippen LogP contribution is -2.13. The second-order valence-corrected chi connectivity index (χ2v) is 6.01. The van der Waals surface area contributed by atoms with Crippen LogP contribution in [0.1, 0.15) is 33.3 Å². The molecular weight excluding hydrogens is 350 g/mol. The molecule has 0 atom stereocenters. The number of nitrogens with one attached hydrogen (secondary N) is 2. The van der Waals surface area contributed by atoms with Gasteiger partial charge in [0.1, 0.15) is 11.3 Å². The summed E-state index contributed by atoms with van der Waals surface area (Å²) >= 11 is 0. The highest BCUT2D eigenvalue weighted by Gasteiger charge is 2.24. The Bertz CT molecular complexity index is 1080. The van der Waals surface area contributed by atoms with Crippen molar-refractivity contribution in [2.24, 2.45) is 0 Å². The lowest BCUT2D eigenvalue weighted by Gasteiger charge is -2.10. The average molecular weight is 367 g/mol. The van der Waals surface area contributed by atoms with Gasteiger partial charge in [0.05, 0.1) is 17.7 Å². The number of aryl methyl sites for hydroxylation is 1. The summed E-state index contributed by atoms with van der Waals surface area (Å²) in [6, 6.07) is 9.50. The predicted molar refractivity (Wildman–Crippen MR) is 101 cm³/mol. The summed E-state index contributed by atoms with van der Waals surface area (Å²) in [7, 11) is 1.48. The number of non-ortho nitro benzene ring substituents is 1. The number of para-hydroxylation sites is 2. The van der Waals surface area contributed by atoms with E-state index in [0.29, 0.717) is 28.1 Å². The number of aromatic nitrogens is 1. The number of Topliss-reactive ketones (excluding diaryl/α,β-unsaturated/α-hetero) is 1. The van der Waals surface area contributed by atoms with E-state index in [4.69, 9.17) is 4.74 Å². The molecule has 0 saturated carbocycles. The van der Waals surface area contributed by atoms with Crippen molar-refractivity contribution in [3.8, 4) is 5.75 Å². The monoisotopic (exact) mass is 367 g/mol. The number of nitro groups is 1. The topological polar surface area (TPSA) is 114 Å². The first kappa shape index (κ1) is 18.1. The molecule has 0 fully saturated rings. The summed E-state index contributed by atoms with van der Waals surface area (Å²) in [5.74, 6) is -0.323. The Balaban J connectivity index is 2.13. The third-order valence-corrected chi connectivity index (χ3v) is 4.24. The zero-order valence-corrected chi connectivity index (χ0v) is 15.0. The number of methoxy groups -OCH3 is 1. The zero-order valence-electron chi connectivity index (χ0n) is 15.0. The molecule has 1 heterocycles. The fraction of sp³-hybridized carbons (Fsp3) is 0.158. The normalized spacial score (nSPS) is 10.6. The molecule has 0 unspecified atom stereocenters. The molecule has 0 spiro atoms. The van der Waals surface area contributed by atoms with Crippen LogP contribution in [-0.4, -0.2) is 28.7 Å². The lowest BCUT2D eigenvalue weighted by molar-refractivity contribution is -0.383. The van der Waals surface area contributed by atoms with Crippen molar-refractivity contribution < 1.29 is 19.2 Å². The Morgan fingerprint density at radius 2 is 1.93 bits per heavy atom. The molecule has 0 aliphatic rings. The number of carbonyl (C=O) groups excluding carboxylic acids is 2. The van der Waals surface area contributed by atoms with E-state index in [1.807, 2.05) is 0 Å². The van der Waals surface area contributed by atoms with E-state index >= 15 is 0 Å².